The first-order chi connectivity index (χ1) is 10.2. The summed E-state index contributed by atoms with van der Waals surface area (Å²) in [6, 6.07) is 4.91. The van der Waals surface area contributed by atoms with E-state index in [0.717, 1.165) is 57.4 Å². The van der Waals surface area contributed by atoms with E-state index in [2.05, 4.69) is 16.8 Å². The average Bonchev–Trinajstić information content (AvgIpc) is 2.51. The molecule has 124 valence electrons. The van der Waals surface area contributed by atoms with E-state index in [0.29, 0.717) is 5.02 Å². The molecule has 22 heavy (non-hydrogen) atoms. The van der Waals surface area contributed by atoms with Gasteiger partial charge in [0.1, 0.15) is 5.82 Å². The summed E-state index contributed by atoms with van der Waals surface area (Å²) in [6.45, 7) is 7.70. The molecule has 1 heterocycles. The van der Waals surface area contributed by atoms with Crippen molar-refractivity contribution in [2.75, 3.05) is 26.2 Å². The minimum atomic E-state index is -0.208. The maximum Gasteiger partial charge on any atom is 0.123 e. The molecule has 1 saturated heterocycles. The minimum absolute atomic E-state index is 0. The van der Waals surface area contributed by atoms with Crippen LogP contribution in [0.1, 0.15) is 37.3 Å². The van der Waals surface area contributed by atoms with E-state index in [4.69, 9.17) is 11.6 Å². The molecule has 0 bridgehead atoms. The number of nitrogens with one attached hydrogen (secondary N) is 1. The molecule has 1 aromatic carbocycles. The summed E-state index contributed by atoms with van der Waals surface area (Å²) in [6.07, 6.45) is 6.23. The predicted molar refractivity (Wildman–Crippen MR) is 94.5 cm³/mol. The second-order valence-corrected chi connectivity index (χ2v) is 5.95. The quantitative estimate of drug-likeness (QED) is 0.573. The van der Waals surface area contributed by atoms with Crippen molar-refractivity contribution < 1.29 is 4.39 Å². The van der Waals surface area contributed by atoms with Gasteiger partial charge in [0.05, 0.1) is 0 Å². The van der Waals surface area contributed by atoms with Crippen molar-refractivity contribution in [2.45, 2.75) is 31.7 Å². The van der Waals surface area contributed by atoms with Gasteiger partial charge in [0, 0.05) is 37.2 Å². The maximum absolute atomic E-state index is 13.6. The topological polar surface area (TPSA) is 15.3 Å². The summed E-state index contributed by atoms with van der Waals surface area (Å²) < 4.78 is 13.6. The Morgan fingerprint density at radius 1 is 1.32 bits per heavy atom. The molecule has 1 N–H and O–H groups in total. The number of benzene rings is 1. The average molecular weight is 347 g/mol. The molecular formula is C17H25Cl2FN2. The Kier molecular flexibility index (Phi) is 9.03. The molecule has 0 amide bonds. The summed E-state index contributed by atoms with van der Waals surface area (Å²) >= 11 is 6.33. The summed E-state index contributed by atoms with van der Waals surface area (Å²) in [5, 5.41) is 4.03. The number of hydrogen-bond acceptors (Lipinski definition) is 2. The molecule has 1 fully saturated rings. The molecule has 1 aliphatic heterocycles. The van der Waals surface area contributed by atoms with E-state index in [-0.39, 0.29) is 24.3 Å². The van der Waals surface area contributed by atoms with Crippen LogP contribution in [-0.2, 0) is 0 Å². The molecule has 1 aromatic rings. The third-order valence-corrected chi connectivity index (χ3v) is 4.39. The van der Waals surface area contributed by atoms with E-state index >= 15 is 0 Å². The number of hydrogen-bond donors (Lipinski definition) is 1. The molecule has 5 heteroatoms. The molecule has 0 radical (unpaired) electrons. The van der Waals surface area contributed by atoms with Crippen LogP contribution in [0.15, 0.2) is 30.9 Å². The largest absolute Gasteiger partial charge is 0.314 e. The molecule has 1 atom stereocenters. The third kappa shape index (κ3) is 5.54. The summed E-state index contributed by atoms with van der Waals surface area (Å²) in [5.41, 5.74) is 0.928. The van der Waals surface area contributed by atoms with Gasteiger partial charge in [-0.3, -0.25) is 4.90 Å². The highest BCUT2D eigenvalue weighted by atomic mass is 35.5. The van der Waals surface area contributed by atoms with Crippen LogP contribution >= 0.6 is 24.0 Å². The van der Waals surface area contributed by atoms with E-state index in [1.54, 1.807) is 12.1 Å². The highest BCUT2D eigenvalue weighted by molar-refractivity contribution is 6.31. The highest BCUT2D eigenvalue weighted by Crippen LogP contribution is 2.32. The lowest BCUT2D eigenvalue weighted by Crippen LogP contribution is -2.45. The van der Waals surface area contributed by atoms with Crippen LogP contribution in [0.25, 0.3) is 0 Å². The summed E-state index contributed by atoms with van der Waals surface area (Å²) in [5.74, 6) is -0.208. The van der Waals surface area contributed by atoms with Gasteiger partial charge in [0.15, 0.2) is 0 Å². The Labute approximate surface area is 144 Å². The highest BCUT2D eigenvalue weighted by Gasteiger charge is 2.24. The van der Waals surface area contributed by atoms with Crippen molar-refractivity contribution in [3.8, 4) is 0 Å². The lowest BCUT2D eigenvalue weighted by Gasteiger charge is -2.35. The van der Waals surface area contributed by atoms with Crippen molar-refractivity contribution >= 4 is 24.0 Å². The maximum atomic E-state index is 13.6. The number of nitrogens with zero attached hydrogens (tertiary/aromatic N) is 1. The molecule has 0 spiro atoms. The summed E-state index contributed by atoms with van der Waals surface area (Å²) in [7, 11) is 0. The fraction of sp³-hybridized carbons (Fsp3) is 0.529. The SMILES string of the molecule is C=CCCCC[C@H](c1cc(F)ccc1Cl)N1CCNCC1.Cl. The predicted octanol–water partition coefficient (Wildman–Crippen LogP) is 4.59. The Morgan fingerprint density at radius 3 is 2.73 bits per heavy atom. The van der Waals surface area contributed by atoms with Crippen LogP contribution in [0, 0.1) is 5.82 Å². The number of unbranched alkanes of at least 4 members (excludes halogenated alkanes) is 2. The van der Waals surface area contributed by atoms with Gasteiger partial charge in [0.2, 0.25) is 0 Å². The van der Waals surface area contributed by atoms with Gasteiger partial charge in [-0.2, -0.15) is 0 Å². The molecule has 0 aliphatic carbocycles. The first-order valence-electron chi connectivity index (χ1n) is 7.73. The van der Waals surface area contributed by atoms with Gasteiger partial charge in [-0.05, 0) is 43.0 Å². The van der Waals surface area contributed by atoms with Gasteiger partial charge in [-0.25, -0.2) is 4.39 Å². The molecule has 0 unspecified atom stereocenters. The van der Waals surface area contributed by atoms with Crippen molar-refractivity contribution in [3.05, 3.63) is 47.3 Å². The second kappa shape index (κ2) is 10.2. The zero-order chi connectivity index (χ0) is 15.1. The molecular weight excluding hydrogens is 322 g/mol. The third-order valence-electron chi connectivity index (χ3n) is 4.05. The van der Waals surface area contributed by atoms with Gasteiger partial charge in [-0.1, -0.05) is 24.1 Å². The molecule has 0 aromatic heterocycles. The van der Waals surface area contributed by atoms with E-state index in [1.807, 2.05) is 6.08 Å². The van der Waals surface area contributed by atoms with Crippen molar-refractivity contribution in [1.82, 2.24) is 10.2 Å². The monoisotopic (exact) mass is 346 g/mol. The van der Waals surface area contributed by atoms with Crippen LogP contribution < -0.4 is 5.32 Å². The smallest absolute Gasteiger partial charge is 0.123 e. The van der Waals surface area contributed by atoms with Gasteiger partial charge < -0.3 is 5.32 Å². The Morgan fingerprint density at radius 2 is 2.05 bits per heavy atom. The molecule has 1 aliphatic rings. The van der Waals surface area contributed by atoms with Gasteiger partial charge >= 0.3 is 0 Å². The summed E-state index contributed by atoms with van der Waals surface area (Å²) in [4.78, 5) is 2.42. The van der Waals surface area contributed by atoms with Crippen LogP contribution in [0.3, 0.4) is 0 Å². The van der Waals surface area contributed by atoms with Crippen molar-refractivity contribution in [1.29, 1.82) is 0 Å². The number of rotatable bonds is 7. The van der Waals surface area contributed by atoms with E-state index in [1.165, 1.54) is 6.07 Å². The van der Waals surface area contributed by atoms with Gasteiger partial charge in [-0.15, -0.1) is 19.0 Å². The van der Waals surface area contributed by atoms with Gasteiger partial charge in [0.25, 0.3) is 0 Å². The van der Waals surface area contributed by atoms with Crippen molar-refractivity contribution in [2.24, 2.45) is 0 Å². The number of allylic oxidation sites excluding steroid dienone is 1. The minimum Gasteiger partial charge on any atom is -0.314 e. The Bertz CT molecular complexity index is 462. The van der Waals surface area contributed by atoms with Crippen LogP contribution in [0.2, 0.25) is 5.02 Å². The molecule has 2 nitrogen and oxygen atoms in total. The molecule has 2 rings (SSSR count). The van der Waals surface area contributed by atoms with E-state index in [9.17, 15) is 4.39 Å². The van der Waals surface area contributed by atoms with Crippen molar-refractivity contribution in [3.63, 3.8) is 0 Å². The Hall–Kier alpha value is -0.610. The number of piperazine rings is 1. The second-order valence-electron chi connectivity index (χ2n) is 5.54. The Balaban J connectivity index is 0.00000242. The fourth-order valence-corrected chi connectivity index (χ4v) is 3.17. The van der Waals surface area contributed by atoms with Crippen LogP contribution in [0.4, 0.5) is 4.39 Å². The molecule has 0 saturated carbocycles. The fourth-order valence-electron chi connectivity index (χ4n) is 2.92. The van der Waals surface area contributed by atoms with Crippen LogP contribution in [-0.4, -0.2) is 31.1 Å². The zero-order valence-electron chi connectivity index (χ0n) is 12.9. The zero-order valence-corrected chi connectivity index (χ0v) is 14.4. The van der Waals surface area contributed by atoms with Crippen LogP contribution in [0.5, 0.6) is 0 Å². The van der Waals surface area contributed by atoms with E-state index < -0.39 is 0 Å². The number of halogens is 3. The first-order valence-corrected chi connectivity index (χ1v) is 8.11. The normalized spacial score (nSPS) is 16.8. The first kappa shape index (κ1) is 19.4. The lowest BCUT2D eigenvalue weighted by atomic mass is 9.97. The standard InChI is InChI=1S/C17H24ClFN2.ClH/c1-2-3-4-5-6-17(21-11-9-20-10-12-21)15-13-14(19)7-8-16(15)18;/h2,7-8,13,17,20H,1,3-6,9-12H2;1H/t17-;/m1./s1. The lowest BCUT2D eigenvalue weighted by molar-refractivity contribution is 0.162.